The van der Waals surface area contributed by atoms with Crippen LogP contribution in [0.1, 0.15) is 41.6 Å². The summed E-state index contributed by atoms with van der Waals surface area (Å²) in [7, 11) is 0. The number of carbonyl (C=O) groups excluding carboxylic acids is 1. The number of likely N-dealkylation sites (tertiary alicyclic amines) is 1. The quantitative estimate of drug-likeness (QED) is 0.932. The van der Waals surface area contributed by atoms with E-state index < -0.39 is 0 Å². The number of nitrogens with two attached hydrogens (primary N) is 1. The van der Waals surface area contributed by atoms with Crippen LogP contribution in [-0.2, 0) is 0 Å². The first-order valence-electron chi connectivity index (χ1n) is 7.89. The number of piperidine rings is 1. The Morgan fingerprint density at radius 3 is 2.83 bits per heavy atom. The average molecular weight is 331 g/mol. The zero-order valence-corrected chi connectivity index (χ0v) is 14.2. The number of aromatic nitrogens is 3. The third-order valence-electron chi connectivity index (χ3n) is 4.16. The van der Waals surface area contributed by atoms with Gasteiger partial charge in [-0.3, -0.25) is 4.79 Å². The van der Waals surface area contributed by atoms with Crippen LogP contribution in [0.2, 0.25) is 0 Å². The lowest BCUT2D eigenvalue weighted by Gasteiger charge is -2.37. The van der Waals surface area contributed by atoms with Gasteiger partial charge in [0.15, 0.2) is 10.8 Å². The van der Waals surface area contributed by atoms with Crippen LogP contribution in [0.4, 0.5) is 0 Å². The molecule has 1 saturated heterocycles. The number of nitrogens with zero attached hydrogens (tertiary/aromatic N) is 4. The molecule has 2 atom stereocenters. The normalized spacial score (nSPS) is 19.6. The fourth-order valence-electron chi connectivity index (χ4n) is 2.99. The number of amides is 1. The molecule has 0 aromatic carbocycles. The Hall–Kier alpha value is -1.86. The van der Waals surface area contributed by atoms with Gasteiger partial charge in [0.25, 0.3) is 5.91 Å². The van der Waals surface area contributed by atoms with E-state index in [4.69, 9.17) is 5.73 Å². The van der Waals surface area contributed by atoms with Gasteiger partial charge in [-0.05, 0) is 39.2 Å². The van der Waals surface area contributed by atoms with Crippen LogP contribution in [0.15, 0.2) is 18.5 Å². The molecule has 0 spiro atoms. The van der Waals surface area contributed by atoms with Gasteiger partial charge in [0.2, 0.25) is 0 Å². The molecule has 2 unspecified atom stereocenters. The number of aryl methyl sites for hydroxylation is 1. The third kappa shape index (κ3) is 3.25. The lowest BCUT2D eigenvalue weighted by atomic mass is 9.96. The van der Waals surface area contributed by atoms with Crippen molar-refractivity contribution in [1.82, 2.24) is 19.9 Å². The number of thiazole rings is 1. The molecule has 1 aliphatic heterocycles. The standard InChI is InChI=1S/C16H21N5OS/c1-10(17)12-6-3-4-9-21(12)16(22)13-11(2)20-15(23-13)14-18-7-5-8-19-14/h5,7-8,10,12H,3-4,6,9,17H2,1-2H3. The molecule has 2 aromatic heterocycles. The Morgan fingerprint density at radius 1 is 1.39 bits per heavy atom. The zero-order valence-electron chi connectivity index (χ0n) is 13.4. The molecule has 23 heavy (non-hydrogen) atoms. The molecule has 0 aliphatic carbocycles. The zero-order chi connectivity index (χ0) is 16.4. The van der Waals surface area contributed by atoms with E-state index >= 15 is 0 Å². The smallest absolute Gasteiger partial charge is 0.266 e. The van der Waals surface area contributed by atoms with Gasteiger partial charge in [-0.1, -0.05) is 0 Å². The van der Waals surface area contributed by atoms with Crippen LogP contribution < -0.4 is 5.73 Å². The maximum atomic E-state index is 13.0. The number of hydrogen-bond donors (Lipinski definition) is 1. The molecule has 1 aliphatic rings. The first kappa shape index (κ1) is 16.0. The van der Waals surface area contributed by atoms with Gasteiger partial charge >= 0.3 is 0 Å². The van der Waals surface area contributed by atoms with Crippen LogP contribution in [-0.4, -0.2) is 44.4 Å². The third-order valence-corrected chi connectivity index (χ3v) is 5.31. The second-order valence-electron chi connectivity index (χ2n) is 5.93. The van der Waals surface area contributed by atoms with Gasteiger partial charge in [0.05, 0.1) is 5.69 Å². The van der Waals surface area contributed by atoms with Gasteiger partial charge in [0.1, 0.15) is 4.88 Å². The van der Waals surface area contributed by atoms with Gasteiger partial charge in [-0.25, -0.2) is 15.0 Å². The van der Waals surface area contributed by atoms with Gasteiger partial charge in [-0.15, -0.1) is 11.3 Å². The van der Waals surface area contributed by atoms with Gasteiger partial charge in [0, 0.05) is 31.0 Å². The fourth-order valence-corrected chi connectivity index (χ4v) is 3.96. The Kier molecular flexibility index (Phi) is 4.68. The van der Waals surface area contributed by atoms with E-state index in [1.54, 1.807) is 18.5 Å². The minimum Gasteiger partial charge on any atom is -0.333 e. The first-order chi connectivity index (χ1) is 11.1. The van der Waals surface area contributed by atoms with Crippen molar-refractivity contribution in [2.75, 3.05) is 6.54 Å². The maximum Gasteiger partial charge on any atom is 0.266 e. The highest BCUT2D eigenvalue weighted by Gasteiger charge is 2.32. The fraction of sp³-hybridized carbons (Fsp3) is 0.500. The summed E-state index contributed by atoms with van der Waals surface area (Å²) < 4.78 is 0. The lowest BCUT2D eigenvalue weighted by Crippen LogP contribution is -2.51. The lowest BCUT2D eigenvalue weighted by molar-refractivity contribution is 0.0588. The highest BCUT2D eigenvalue weighted by atomic mass is 32.1. The number of hydrogen-bond acceptors (Lipinski definition) is 6. The predicted octanol–water partition coefficient (Wildman–Crippen LogP) is 2.25. The summed E-state index contributed by atoms with van der Waals surface area (Å²) in [4.78, 5) is 28.5. The molecule has 3 rings (SSSR count). The summed E-state index contributed by atoms with van der Waals surface area (Å²) >= 11 is 1.36. The van der Waals surface area contributed by atoms with Crippen molar-refractivity contribution < 1.29 is 4.79 Å². The van der Waals surface area contributed by atoms with E-state index in [-0.39, 0.29) is 18.0 Å². The molecule has 6 nitrogen and oxygen atoms in total. The minimum atomic E-state index is -0.0237. The number of rotatable bonds is 3. The van der Waals surface area contributed by atoms with E-state index in [9.17, 15) is 4.79 Å². The summed E-state index contributed by atoms with van der Waals surface area (Å²) in [6, 6.07) is 1.84. The molecule has 3 heterocycles. The second-order valence-corrected chi connectivity index (χ2v) is 6.93. The van der Waals surface area contributed by atoms with E-state index in [0.717, 1.165) is 31.5 Å². The highest BCUT2D eigenvalue weighted by Crippen LogP contribution is 2.29. The van der Waals surface area contributed by atoms with E-state index in [1.165, 1.54) is 11.3 Å². The molecule has 0 saturated carbocycles. The van der Waals surface area contributed by atoms with Crippen LogP contribution >= 0.6 is 11.3 Å². The topological polar surface area (TPSA) is 85.0 Å². The van der Waals surface area contributed by atoms with Crippen molar-refractivity contribution in [3.8, 4) is 10.8 Å². The molecule has 2 aromatic rings. The van der Waals surface area contributed by atoms with E-state index in [0.29, 0.717) is 15.7 Å². The second kappa shape index (κ2) is 6.72. The Labute approximate surface area is 139 Å². The number of carbonyl (C=O) groups is 1. The monoisotopic (exact) mass is 331 g/mol. The molecule has 2 N–H and O–H groups in total. The molecule has 0 bridgehead atoms. The highest BCUT2D eigenvalue weighted by molar-refractivity contribution is 7.17. The first-order valence-corrected chi connectivity index (χ1v) is 8.71. The molecular formula is C16H21N5OS. The summed E-state index contributed by atoms with van der Waals surface area (Å²) in [6.45, 7) is 4.60. The van der Waals surface area contributed by atoms with Crippen LogP contribution in [0, 0.1) is 6.92 Å². The van der Waals surface area contributed by atoms with E-state index in [2.05, 4.69) is 15.0 Å². The van der Waals surface area contributed by atoms with Crippen LogP contribution in [0.25, 0.3) is 10.8 Å². The molecule has 0 radical (unpaired) electrons. The minimum absolute atomic E-state index is 0.0237. The SMILES string of the molecule is Cc1nc(-c2ncccn2)sc1C(=O)N1CCCCC1C(C)N. The van der Waals surface area contributed by atoms with Crippen LogP contribution in [0.3, 0.4) is 0 Å². The van der Waals surface area contributed by atoms with Crippen molar-refractivity contribution >= 4 is 17.2 Å². The summed E-state index contributed by atoms with van der Waals surface area (Å²) in [5.41, 5.74) is 6.81. The predicted molar refractivity (Wildman–Crippen MR) is 90.2 cm³/mol. The molecular weight excluding hydrogens is 310 g/mol. The Morgan fingerprint density at radius 2 is 2.13 bits per heavy atom. The van der Waals surface area contributed by atoms with Crippen LogP contribution in [0.5, 0.6) is 0 Å². The van der Waals surface area contributed by atoms with Crippen molar-refractivity contribution in [2.24, 2.45) is 5.73 Å². The average Bonchev–Trinajstić information content (AvgIpc) is 2.97. The van der Waals surface area contributed by atoms with Crippen molar-refractivity contribution in [1.29, 1.82) is 0 Å². The largest absolute Gasteiger partial charge is 0.333 e. The van der Waals surface area contributed by atoms with Crippen molar-refractivity contribution in [3.05, 3.63) is 29.0 Å². The summed E-state index contributed by atoms with van der Waals surface area (Å²) in [6.07, 6.45) is 6.48. The molecule has 7 heteroatoms. The van der Waals surface area contributed by atoms with Gasteiger partial charge in [-0.2, -0.15) is 0 Å². The van der Waals surface area contributed by atoms with Crippen molar-refractivity contribution in [3.63, 3.8) is 0 Å². The molecule has 1 amide bonds. The Bertz CT molecular complexity index is 685. The Balaban J connectivity index is 1.89. The summed E-state index contributed by atoms with van der Waals surface area (Å²) in [5, 5.41) is 0.681. The summed E-state index contributed by atoms with van der Waals surface area (Å²) in [5.74, 6) is 0.589. The molecule has 1 fully saturated rings. The molecule has 122 valence electrons. The van der Waals surface area contributed by atoms with E-state index in [1.807, 2.05) is 18.7 Å². The van der Waals surface area contributed by atoms with Gasteiger partial charge < -0.3 is 10.6 Å². The van der Waals surface area contributed by atoms with Crippen molar-refractivity contribution in [2.45, 2.75) is 45.2 Å². The maximum absolute atomic E-state index is 13.0.